The molecule has 31 heavy (non-hydrogen) atoms. The number of nitrogens with one attached hydrogen (secondary N) is 1. The van der Waals surface area contributed by atoms with Crippen molar-refractivity contribution in [2.75, 3.05) is 25.5 Å². The summed E-state index contributed by atoms with van der Waals surface area (Å²) in [5.41, 5.74) is 3.52. The standard InChI is InChI=1S/C26H26N2O3/c1-31-24-12-6-5-11-23(24)27-26(30)28-17-7-10-22(18-28)25(29)21-15-13-20(14-16-21)19-8-3-2-4-9-19/h2-6,8-9,11-16,22H,7,10,17-18H2,1H3,(H,27,30). The Morgan fingerprint density at radius 3 is 2.32 bits per heavy atom. The van der Waals surface area contributed by atoms with Crippen LogP contribution >= 0.6 is 0 Å². The summed E-state index contributed by atoms with van der Waals surface area (Å²) >= 11 is 0. The van der Waals surface area contributed by atoms with Crippen LogP contribution in [0.25, 0.3) is 11.1 Å². The van der Waals surface area contributed by atoms with Crippen molar-refractivity contribution in [2.24, 2.45) is 5.92 Å². The van der Waals surface area contributed by atoms with Crippen LogP contribution in [-0.2, 0) is 0 Å². The molecule has 2 amide bonds. The number of hydrogen-bond acceptors (Lipinski definition) is 3. The van der Waals surface area contributed by atoms with E-state index in [-0.39, 0.29) is 17.7 Å². The minimum atomic E-state index is -0.207. The van der Waals surface area contributed by atoms with Crippen LogP contribution in [0.3, 0.4) is 0 Å². The van der Waals surface area contributed by atoms with Crippen molar-refractivity contribution < 1.29 is 14.3 Å². The maximum atomic E-state index is 13.1. The summed E-state index contributed by atoms with van der Waals surface area (Å²) in [7, 11) is 1.57. The van der Waals surface area contributed by atoms with Crippen LogP contribution in [0, 0.1) is 5.92 Å². The van der Waals surface area contributed by atoms with E-state index in [2.05, 4.69) is 17.4 Å². The second-order valence-corrected chi connectivity index (χ2v) is 7.72. The molecule has 5 heteroatoms. The number of anilines is 1. The van der Waals surface area contributed by atoms with E-state index >= 15 is 0 Å². The van der Waals surface area contributed by atoms with Gasteiger partial charge in [0.1, 0.15) is 5.75 Å². The summed E-state index contributed by atoms with van der Waals surface area (Å²) in [5, 5.41) is 2.91. The molecule has 0 spiro atoms. The first-order valence-corrected chi connectivity index (χ1v) is 10.5. The number of ether oxygens (including phenoxy) is 1. The largest absolute Gasteiger partial charge is 0.495 e. The fraction of sp³-hybridized carbons (Fsp3) is 0.231. The lowest BCUT2D eigenvalue weighted by Gasteiger charge is -2.32. The number of likely N-dealkylation sites (tertiary alicyclic amines) is 1. The van der Waals surface area contributed by atoms with Gasteiger partial charge in [0.25, 0.3) is 0 Å². The van der Waals surface area contributed by atoms with Crippen LogP contribution in [0.2, 0.25) is 0 Å². The van der Waals surface area contributed by atoms with Gasteiger partial charge in [-0.05, 0) is 36.1 Å². The fourth-order valence-corrected chi connectivity index (χ4v) is 4.01. The van der Waals surface area contributed by atoms with E-state index in [1.165, 1.54) is 0 Å². The number of methoxy groups -OCH3 is 1. The highest BCUT2D eigenvalue weighted by Gasteiger charge is 2.29. The first-order valence-electron chi connectivity index (χ1n) is 10.5. The van der Waals surface area contributed by atoms with Gasteiger partial charge in [-0.15, -0.1) is 0 Å². The first-order chi connectivity index (χ1) is 15.2. The molecule has 1 N–H and O–H groups in total. The van der Waals surface area contributed by atoms with Gasteiger partial charge in [-0.3, -0.25) is 4.79 Å². The van der Waals surface area contributed by atoms with Crippen molar-refractivity contribution in [1.29, 1.82) is 0 Å². The molecule has 1 unspecified atom stereocenters. The smallest absolute Gasteiger partial charge is 0.321 e. The van der Waals surface area contributed by atoms with E-state index in [4.69, 9.17) is 4.74 Å². The zero-order valence-electron chi connectivity index (χ0n) is 17.6. The van der Waals surface area contributed by atoms with Gasteiger partial charge in [0.2, 0.25) is 0 Å². The number of urea groups is 1. The quantitative estimate of drug-likeness (QED) is 0.562. The van der Waals surface area contributed by atoms with Crippen molar-refractivity contribution in [3.8, 4) is 16.9 Å². The molecular weight excluding hydrogens is 388 g/mol. The zero-order valence-corrected chi connectivity index (χ0v) is 17.6. The Morgan fingerprint density at radius 2 is 1.58 bits per heavy atom. The Morgan fingerprint density at radius 1 is 0.903 bits per heavy atom. The zero-order chi connectivity index (χ0) is 21.6. The Balaban J connectivity index is 1.42. The summed E-state index contributed by atoms with van der Waals surface area (Å²) in [6.45, 7) is 1.05. The van der Waals surface area contributed by atoms with Crippen molar-refractivity contribution in [1.82, 2.24) is 4.90 Å². The lowest BCUT2D eigenvalue weighted by atomic mass is 9.89. The summed E-state index contributed by atoms with van der Waals surface area (Å²) in [5.74, 6) is 0.508. The molecule has 0 saturated carbocycles. The maximum Gasteiger partial charge on any atom is 0.321 e. The number of Topliss-reactive ketones (excluding diaryl/α,β-unsaturated/α-hetero) is 1. The van der Waals surface area contributed by atoms with Crippen LogP contribution in [-0.4, -0.2) is 36.9 Å². The SMILES string of the molecule is COc1ccccc1NC(=O)N1CCCC(C(=O)c2ccc(-c3ccccc3)cc2)C1. The van der Waals surface area contributed by atoms with Crippen LogP contribution < -0.4 is 10.1 Å². The Labute approximate surface area is 182 Å². The summed E-state index contributed by atoms with van der Waals surface area (Å²) in [6.07, 6.45) is 1.59. The molecule has 1 aliphatic rings. The number of hydrogen-bond donors (Lipinski definition) is 1. The van der Waals surface area contributed by atoms with E-state index in [9.17, 15) is 9.59 Å². The monoisotopic (exact) mass is 414 g/mol. The van der Waals surface area contributed by atoms with Crippen LogP contribution in [0.4, 0.5) is 10.5 Å². The third-order valence-electron chi connectivity index (χ3n) is 5.70. The van der Waals surface area contributed by atoms with Gasteiger partial charge in [-0.2, -0.15) is 0 Å². The number of para-hydroxylation sites is 2. The second kappa shape index (κ2) is 9.47. The van der Waals surface area contributed by atoms with Crippen molar-refractivity contribution in [3.05, 3.63) is 84.4 Å². The second-order valence-electron chi connectivity index (χ2n) is 7.72. The van der Waals surface area contributed by atoms with Crippen LogP contribution in [0.1, 0.15) is 23.2 Å². The van der Waals surface area contributed by atoms with Gasteiger partial charge in [-0.25, -0.2) is 4.79 Å². The third kappa shape index (κ3) is 4.77. The van der Waals surface area contributed by atoms with Gasteiger partial charge in [0.15, 0.2) is 5.78 Å². The Hall–Kier alpha value is -3.60. The lowest BCUT2D eigenvalue weighted by Crippen LogP contribution is -2.44. The molecule has 0 bridgehead atoms. The van der Waals surface area contributed by atoms with Gasteiger partial charge in [0.05, 0.1) is 12.8 Å². The topological polar surface area (TPSA) is 58.6 Å². The number of amides is 2. The molecule has 1 aliphatic heterocycles. The average Bonchev–Trinajstić information content (AvgIpc) is 2.84. The molecule has 0 aromatic heterocycles. The van der Waals surface area contributed by atoms with Crippen LogP contribution in [0.15, 0.2) is 78.9 Å². The predicted molar refractivity (Wildman–Crippen MR) is 123 cm³/mol. The lowest BCUT2D eigenvalue weighted by molar-refractivity contribution is 0.0851. The van der Waals surface area contributed by atoms with Crippen molar-refractivity contribution >= 4 is 17.5 Å². The highest BCUT2D eigenvalue weighted by Crippen LogP contribution is 2.26. The number of carbonyl (C=O) groups excluding carboxylic acids is 2. The maximum absolute atomic E-state index is 13.1. The third-order valence-corrected chi connectivity index (χ3v) is 5.70. The van der Waals surface area contributed by atoms with Crippen LogP contribution in [0.5, 0.6) is 5.75 Å². The van der Waals surface area contributed by atoms with Gasteiger partial charge in [-0.1, -0.05) is 66.7 Å². The molecule has 1 fully saturated rings. The molecule has 3 aromatic rings. The van der Waals surface area contributed by atoms with Crippen molar-refractivity contribution in [3.63, 3.8) is 0 Å². The predicted octanol–water partition coefficient (Wildman–Crippen LogP) is 5.49. The molecule has 1 saturated heterocycles. The molecular formula is C26H26N2O3. The van der Waals surface area contributed by atoms with Crippen molar-refractivity contribution in [2.45, 2.75) is 12.8 Å². The number of ketones is 1. The molecule has 1 atom stereocenters. The summed E-state index contributed by atoms with van der Waals surface area (Å²) in [6, 6.07) is 24.9. The number of carbonyl (C=O) groups is 2. The van der Waals surface area contributed by atoms with E-state index in [0.29, 0.717) is 30.1 Å². The normalized spacial score (nSPS) is 15.9. The van der Waals surface area contributed by atoms with E-state index in [1.54, 1.807) is 24.1 Å². The fourth-order valence-electron chi connectivity index (χ4n) is 4.01. The minimum absolute atomic E-state index is 0.0920. The summed E-state index contributed by atoms with van der Waals surface area (Å²) in [4.78, 5) is 27.6. The molecule has 0 aliphatic carbocycles. The molecule has 1 heterocycles. The van der Waals surface area contributed by atoms with Gasteiger partial charge in [0, 0.05) is 24.6 Å². The molecule has 158 valence electrons. The summed E-state index contributed by atoms with van der Waals surface area (Å²) < 4.78 is 5.30. The first kappa shape index (κ1) is 20.7. The molecule has 4 rings (SSSR count). The average molecular weight is 415 g/mol. The van der Waals surface area contributed by atoms with E-state index in [0.717, 1.165) is 24.0 Å². The van der Waals surface area contributed by atoms with E-state index in [1.807, 2.05) is 54.6 Å². The minimum Gasteiger partial charge on any atom is -0.495 e. The highest BCUT2D eigenvalue weighted by atomic mass is 16.5. The highest BCUT2D eigenvalue weighted by molar-refractivity contribution is 5.99. The number of nitrogens with zero attached hydrogens (tertiary/aromatic N) is 1. The van der Waals surface area contributed by atoms with Gasteiger partial charge >= 0.3 is 6.03 Å². The molecule has 3 aromatic carbocycles. The Bertz CT molecular complexity index is 1050. The number of rotatable bonds is 5. The molecule has 0 radical (unpaired) electrons. The van der Waals surface area contributed by atoms with E-state index < -0.39 is 0 Å². The Kier molecular flexibility index (Phi) is 6.32. The van der Waals surface area contributed by atoms with Gasteiger partial charge < -0.3 is 15.0 Å². The number of piperidine rings is 1. The number of benzene rings is 3. The molecule has 5 nitrogen and oxygen atoms in total.